The Hall–Kier alpha value is -2.16. The van der Waals surface area contributed by atoms with Crippen molar-refractivity contribution in [2.24, 2.45) is 0 Å². The molecule has 0 bridgehead atoms. The van der Waals surface area contributed by atoms with Gasteiger partial charge in [-0.2, -0.15) is 0 Å². The van der Waals surface area contributed by atoms with Gasteiger partial charge in [0.1, 0.15) is 0 Å². The lowest BCUT2D eigenvalue weighted by Gasteiger charge is -2.04. The molecule has 0 unspecified atom stereocenters. The molecule has 0 amide bonds. The Labute approximate surface area is 88.2 Å². The summed E-state index contributed by atoms with van der Waals surface area (Å²) in [7, 11) is 0. The zero-order chi connectivity index (χ0) is 11.4. The number of nitro groups is 1. The van der Waals surface area contributed by atoms with Crippen LogP contribution in [0.15, 0.2) is 55.7 Å². The molecule has 0 aliphatic heterocycles. The third-order valence-corrected chi connectivity index (χ3v) is 2.06. The van der Waals surface area contributed by atoms with Crippen molar-refractivity contribution < 1.29 is 4.92 Å². The summed E-state index contributed by atoms with van der Waals surface area (Å²) in [6.07, 6.45) is 1.60. The second-order valence-corrected chi connectivity index (χ2v) is 3.01. The summed E-state index contributed by atoms with van der Waals surface area (Å²) in [6, 6.07) is 6.18. The Kier molecular flexibility index (Phi) is 3.18. The minimum absolute atomic E-state index is 0.0655. The van der Waals surface area contributed by atoms with E-state index in [1.165, 1.54) is 12.1 Å². The van der Waals surface area contributed by atoms with Gasteiger partial charge in [0.05, 0.1) is 4.92 Å². The predicted molar refractivity (Wildman–Crippen MR) is 61.5 cm³/mol. The van der Waals surface area contributed by atoms with Gasteiger partial charge < -0.3 is 0 Å². The smallest absolute Gasteiger partial charge is 0.258 e. The molecule has 0 aliphatic carbocycles. The molecule has 0 fully saturated rings. The molecule has 1 aromatic rings. The highest BCUT2D eigenvalue weighted by Gasteiger charge is 2.06. The third-order valence-electron chi connectivity index (χ3n) is 2.06. The van der Waals surface area contributed by atoms with Crippen LogP contribution in [0.2, 0.25) is 0 Å². The second-order valence-electron chi connectivity index (χ2n) is 3.01. The molecule has 15 heavy (non-hydrogen) atoms. The molecule has 1 aromatic carbocycles. The van der Waals surface area contributed by atoms with Crippen molar-refractivity contribution in [3.8, 4) is 0 Å². The van der Waals surface area contributed by atoms with E-state index in [-0.39, 0.29) is 5.69 Å². The summed E-state index contributed by atoms with van der Waals surface area (Å²) in [5.74, 6) is 0. The zero-order valence-electron chi connectivity index (χ0n) is 8.27. The van der Waals surface area contributed by atoms with Crippen molar-refractivity contribution >= 4 is 11.3 Å². The van der Waals surface area contributed by atoms with E-state index in [1.54, 1.807) is 18.2 Å². The molecule has 0 aliphatic rings. The van der Waals surface area contributed by atoms with Gasteiger partial charge in [-0.15, -0.1) is 0 Å². The van der Waals surface area contributed by atoms with E-state index in [0.717, 1.165) is 11.1 Å². The molecule has 0 saturated carbocycles. The summed E-state index contributed by atoms with van der Waals surface area (Å²) in [6.45, 7) is 11.2. The van der Waals surface area contributed by atoms with E-state index >= 15 is 0 Å². The van der Waals surface area contributed by atoms with E-state index in [9.17, 15) is 10.1 Å². The molecule has 0 heterocycles. The largest absolute Gasteiger partial charge is 0.269 e. The van der Waals surface area contributed by atoms with Crippen LogP contribution in [0, 0.1) is 10.1 Å². The van der Waals surface area contributed by atoms with Crippen LogP contribution in [-0.2, 0) is 0 Å². The normalized spacial score (nSPS) is 9.33. The van der Waals surface area contributed by atoms with E-state index in [1.807, 2.05) is 0 Å². The Balaban J connectivity index is 2.99. The van der Waals surface area contributed by atoms with Crippen LogP contribution in [0.1, 0.15) is 5.56 Å². The van der Waals surface area contributed by atoms with E-state index in [0.29, 0.717) is 5.57 Å². The molecule has 3 heteroatoms. The molecule has 3 nitrogen and oxygen atoms in total. The molecule has 1 rings (SSSR count). The Morgan fingerprint density at radius 1 is 1.27 bits per heavy atom. The molecule has 0 N–H and O–H groups in total. The van der Waals surface area contributed by atoms with E-state index < -0.39 is 4.92 Å². The molecule has 76 valence electrons. The maximum absolute atomic E-state index is 10.4. The second kappa shape index (κ2) is 4.37. The fraction of sp³-hybridized carbons (Fsp3) is 0. The molecule has 0 saturated heterocycles. The van der Waals surface area contributed by atoms with Crippen molar-refractivity contribution in [2.75, 3.05) is 0 Å². The minimum atomic E-state index is -0.436. The van der Waals surface area contributed by atoms with Crippen molar-refractivity contribution in [1.29, 1.82) is 0 Å². The highest BCUT2D eigenvalue weighted by Crippen LogP contribution is 2.22. The first kappa shape index (κ1) is 10.9. The van der Waals surface area contributed by atoms with Gasteiger partial charge >= 0.3 is 0 Å². The van der Waals surface area contributed by atoms with Crippen LogP contribution >= 0.6 is 0 Å². The topological polar surface area (TPSA) is 43.1 Å². The quantitative estimate of drug-likeness (QED) is 0.426. The third kappa shape index (κ3) is 2.40. The van der Waals surface area contributed by atoms with Crippen molar-refractivity contribution in [3.05, 3.63) is 71.3 Å². The van der Waals surface area contributed by atoms with Gasteiger partial charge in [0.15, 0.2) is 0 Å². The fourth-order valence-corrected chi connectivity index (χ4v) is 1.09. The number of rotatable bonds is 4. The van der Waals surface area contributed by atoms with Crippen LogP contribution in [0.5, 0.6) is 0 Å². The number of benzene rings is 1. The van der Waals surface area contributed by atoms with Gasteiger partial charge in [0, 0.05) is 12.1 Å². The summed E-state index contributed by atoms with van der Waals surface area (Å²) in [4.78, 5) is 9.99. The fourth-order valence-electron chi connectivity index (χ4n) is 1.09. The molecule has 0 radical (unpaired) electrons. The zero-order valence-corrected chi connectivity index (χ0v) is 8.27. The molecule has 0 atom stereocenters. The van der Waals surface area contributed by atoms with Gasteiger partial charge in [0.2, 0.25) is 0 Å². The highest BCUT2D eigenvalue weighted by molar-refractivity contribution is 5.79. The van der Waals surface area contributed by atoms with Gasteiger partial charge in [-0.3, -0.25) is 10.1 Å². The number of nitrogens with zero attached hydrogens (tertiary/aromatic N) is 1. The maximum Gasteiger partial charge on any atom is 0.269 e. The van der Waals surface area contributed by atoms with Crippen LogP contribution in [-0.4, -0.2) is 4.92 Å². The molecular weight excluding hydrogens is 190 g/mol. The van der Waals surface area contributed by atoms with Gasteiger partial charge in [-0.05, 0) is 28.8 Å². The number of hydrogen-bond acceptors (Lipinski definition) is 2. The first-order valence-electron chi connectivity index (χ1n) is 4.31. The number of non-ortho nitro benzene ring substituents is 1. The van der Waals surface area contributed by atoms with Crippen molar-refractivity contribution in [1.82, 2.24) is 0 Å². The summed E-state index contributed by atoms with van der Waals surface area (Å²) < 4.78 is 0. The number of nitro benzene ring substituents is 1. The molecular formula is C12H11NO2. The van der Waals surface area contributed by atoms with Crippen LogP contribution in [0.3, 0.4) is 0 Å². The predicted octanol–water partition coefficient (Wildman–Crippen LogP) is 3.35. The number of hydrogen-bond donors (Lipinski definition) is 0. The highest BCUT2D eigenvalue weighted by atomic mass is 16.6. The van der Waals surface area contributed by atoms with E-state index in [4.69, 9.17) is 0 Å². The Morgan fingerprint density at radius 2 is 1.80 bits per heavy atom. The Morgan fingerprint density at radius 3 is 2.20 bits per heavy atom. The summed E-state index contributed by atoms with van der Waals surface area (Å²) in [5.41, 5.74) is 2.31. The lowest BCUT2D eigenvalue weighted by atomic mass is 10.0. The maximum atomic E-state index is 10.4. The summed E-state index contributed by atoms with van der Waals surface area (Å²) >= 11 is 0. The number of allylic oxidation sites excluding steroid dienone is 3. The monoisotopic (exact) mass is 201 g/mol. The lowest BCUT2D eigenvalue weighted by Crippen LogP contribution is -1.89. The van der Waals surface area contributed by atoms with Gasteiger partial charge in [-0.1, -0.05) is 25.8 Å². The van der Waals surface area contributed by atoms with Crippen molar-refractivity contribution in [3.63, 3.8) is 0 Å². The first-order chi connectivity index (χ1) is 7.06. The SMILES string of the molecule is C=CC(=C)C(=C)c1ccc([N+](=O)[O-])cc1. The summed E-state index contributed by atoms with van der Waals surface area (Å²) in [5, 5.41) is 10.4. The average molecular weight is 201 g/mol. The van der Waals surface area contributed by atoms with Gasteiger partial charge in [-0.25, -0.2) is 0 Å². The minimum Gasteiger partial charge on any atom is -0.258 e. The standard InChI is InChI=1S/C12H11NO2/c1-4-9(2)10(3)11-5-7-12(8-6-11)13(14)15/h4-8H,1-3H2. The molecule has 0 spiro atoms. The van der Waals surface area contributed by atoms with Crippen LogP contribution in [0.4, 0.5) is 5.69 Å². The van der Waals surface area contributed by atoms with Crippen LogP contribution in [0.25, 0.3) is 5.57 Å². The van der Waals surface area contributed by atoms with Crippen LogP contribution < -0.4 is 0 Å². The van der Waals surface area contributed by atoms with Gasteiger partial charge in [0.25, 0.3) is 5.69 Å². The lowest BCUT2D eigenvalue weighted by molar-refractivity contribution is -0.384. The Bertz CT molecular complexity index is 429. The first-order valence-corrected chi connectivity index (χ1v) is 4.31. The average Bonchev–Trinajstić information content (AvgIpc) is 2.27. The molecule has 0 aromatic heterocycles. The van der Waals surface area contributed by atoms with Crippen molar-refractivity contribution in [2.45, 2.75) is 0 Å². The van der Waals surface area contributed by atoms with E-state index in [2.05, 4.69) is 19.7 Å².